The molecular weight excluding hydrogens is 368 g/mol. The number of rotatable bonds is 11. The molecule has 0 radical (unpaired) electrons. The summed E-state index contributed by atoms with van der Waals surface area (Å²) in [5.41, 5.74) is 0.450. The lowest BCUT2D eigenvalue weighted by Crippen LogP contribution is -2.39. The molecule has 1 amide bonds. The van der Waals surface area contributed by atoms with Gasteiger partial charge in [-0.2, -0.15) is 0 Å². The lowest BCUT2D eigenvalue weighted by atomic mass is 10.2. The van der Waals surface area contributed by atoms with Gasteiger partial charge in [0.1, 0.15) is 11.5 Å². The van der Waals surface area contributed by atoms with Gasteiger partial charge in [0.2, 0.25) is 0 Å². The van der Waals surface area contributed by atoms with Crippen LogP contribution >= 0.6 is 0 Å². The molecule has 0 aliphatic rings. The average molecular weight is 399 g/mol. The predicted molar refractivity (Wildman–Crippen MR) is 116 cm³/mol. The third-order valence-corrected chi connectivity index (χ3v) is 3.97. The number of guanidine groups is 1. The van der Waals surface area contributed by atoms with Crippen LogP contribution in [0, 0.1) is 0 Å². The number of aromatic hydroxyl groups is 1. The van der Waals surface area contributed by atoms with Gasteiger partial charge in [0, 0.05) is 38.2 Å². The fourth-order valence-corrected chi connectivity index (χ4v) is 2.55. The number of nitrogens with one attached hydrogen (secondary N) is 3. The molecule has 0 saturated carbocycles. The fraction of sp³-hybridized carbons (Fsp3) is 0.364. The maximum atomic E-state index is 12.0. The minimum Gasteiger partial charge on any atom is -0.508 e. The third kappa shape index (κ3) is 9.01. The Kier molecular flexibility index (Phi) is 9.93. The van der Waals surface area contributed by atoms with Crippen molar-refractivity contribution in [2.75, 3.05) is 32.8 Å². The first-order valence-electron chi connectivity index (χ1n) is 9.96. The highest BCUT2D eigenvalue weighted by Gasteiger charge is 2.05. The number of phenolic OH excluding ortho intramolecular Hbond substituents is 1. The number of hydrogen-bond donors (Lipinski definition) is 4. The van der Waals surface area contributed by atoms with Crippen LogP contribution < -0.4 is 20.7 Å². The summed E-state index contributed by atoms with van der Waals surface area (Å²) < 4.78 is 5.66. The number of ether oxygens (including phenoxy) is 1. The molecule has 0 atom stereocenters. The lowest BCUT2D eigenvalue weighted by molar-refractivity contribution is 0.0953. The van der Waals surface area contributed by atoms with Gasteiger partial charge in [-0.3, -0.25) is 9.79 Å². The van der Waals surface area contributed by atoms with E-state index in [1.54, 1.807) is 12.1 Å². The summed E-state index contributed by atoms with van der Waals surface area (Å²) in [5.74, 6) is 1.51. The van der Waals surface area contributed by atoms with E-state index in [-0.39, 0.29) is 11.7 Å². The van der Waals surface area contributed by atoms with E-state index in [2.05, 4.69) is 20.9 Å². The Labute approximate surface area is 172 Å². The van der Waals surface area contributed by atoms with Crippen molar-refractivity contribution in [2.45, 2.75) is 19.8 Å². The van der Waals surface area contributed by atoms with Crippen molar-refractivity contribution in [2.24, 2.45) is 4.99 Å². The predicted octanol–water partition coefficient (Wildman–Crippen LogP) is 2.54. The van der Waals surface area contributed by atoms with Crippen LogP contribution in [0.5, 0.6) is 11.5 Å². The normalized spacial score (nSPS) is 11.0. The van der Waals surface area contributed by atoms with Crippen molar-refractivity contribution in [1.82, 2.24) is 16.0 Å². The topological polar surface area (TPSA) is 95.0 Å². The van der Waals surface area contributed by atoms with E-state index in [1.807, 2.05) is 37.3 Å². The van der Waals surface area contributed by atoms with Crippen molar-refractivity contribution in [3.63, 3.8) is 0 Å². The minimum absolute atomic E-state index is 0.0833. The van der Waals surface area contributed by atoms with Gasteiger partial charge < -0.3 is 25.8 Å². The molecule has 2 aromatic rings. The summed E-state index contributed by atoms with van der Waals surface area (Å²) in [6, 6.07) is 16.0. The van der Waals surface area contributed by atoms with E-state index in [9.17, 15) is 9.90 Å². The molecule has 7 nitrogen and oxygen atoms in total. The summed E-state index contributed by atoms with van der Waals surface area (Å²) in [5, 5.41) is 18.7. The first-order valence-corrected chi connectivity index (χ1v) is 9.96. The standard InChI is InChI=1S/C22H30N4O3/c1-2-23-22(26-15-8-16-29-20-11-4-3-5-12-20)25-14-7-13-24-21(28)18-9-6-10-19(27)17-18/h3-6,9-12,17,27H,2,7-8,13-16H2,1H3,(H,24,28)(H2,23,25,26). The molecule has 2 aromatic carbocycles. The molecule has 0 saturated heterocycles. The van der Waals surface area contributed by atoms with E-state index in [1.165, 1.54) is 12.1 Å². The molecular formula is C22H30N4O3. The van der Waals surface area contributed by atoms with E-state index < -0.39 is 0 Å². The van der Waals surface area contributed by atoms with Gasteiger partial charge in [-0.15, -0.1) is 0 Å². The zero-order valence-electron chi connectivity index (χ0n) is 16.9. The zero-order valence-corrected chi connectivity index (χ0v) is 16.9. The molecule has 0 bridgehead atoms. The first kappa shape index (κ1) is 22.1. The number of carbonyl (C=O) groups is 1. The number of amides is 1. The van der Waals surface area contributed by atoms with Crippen LogP contribution in [0.25, 0.3) is 0 Å². The Hall–Kier alpha value is -3.22. The summed E-state index contributed by atoms with van der Waals surface area (Å²) in [6.45, 7) is 5.30. The minimum atomic E-state index is -0.195. The van der Waals surface area contributed by atoms with Crippen molar-refractivity contribution < 1.29 is 14.6 Å². The Bertz CT molecular complexity index is 766. The molecule has 156 valence electrons. The van der Waals surface area contributed by atoms with Gasteiger partial charge >= 0.3 is 0 Å². The molecule has 0 fully saturated rings. The van der Waals surface area contributed by atoms with Crippen molar-refractivity contribution in [1.29, 1.82) is 0 Å². The van der Waals surface area contributed by atoms with Crippen LogP contribution in [0.4, 0.5) is 0 Å². The number of phenols is 1. The zero-order chi connectivity index (χ0) is 20.7. The Morgan fingerprint density at radius 2 is 1.79 bits per heavy atom. The Morgan fingerprint density at radius 1 is 1.00 bits per heavy atom. The summed E-state index contributed by atoms with van der Waals surface area (Å²) in [6.07, 6.45) is 1.58. The maximum absolute atomic E-state index is 12.0. The van der Waals surface area contributed by atoms with Crippen LogP contribution in [0.3, 0.4) is 0 Å². The monoisotopic (exact) mass is 398 g/mol. The van der Waals surface area contributed by atoms with Crippen LogP contribution in [0.1, 0.15) is 30.1 Å². The number of hydrogen-bond acceptors (Lipinski definition) is 4. The number of aliphatic imine (C=N–C) groups is 1. The largest absolute Gasteiger partial charge is 0.508 e. The average Bonchev–Trinajstić information content (AvgIpc) is 2.73. The molecule has 0 aliphatic heterocycles. The molecule has 2 rings (SSSR count). The lowest BCUT2D eigenvalue weighted by Gasteiger charge is -2.12. The SMILES string of the molecule is CCNC(=NCCCOc1ccccc1)NCCCNC(=O)c1cccc(O)c1. The number of para-hydroxylation sites is 1. The quantitative estimate of drug-likeness (QED) is 0.265. The van der Waals surface area contributed by atoms with E-state index >= 15 is 0 Å². The Morgan fingerprint density at radius 3 is 2.55 bits per heavy atom. The van der Waals surface area contributed by atoms with Crippen molar-refractivity contribution in [3.8, 4) is 11.5 Å². The van der Waals surface area contributed by atoms with E-state index in [0.29, 0.717) is 31.8 Å². The van der Waals surface area contributed by atoms with Gasteiger partial charge in [0.05, 0.1) is 6.61 Å². The number of benzene rings is 2. The maximum Gasteiger partial charge on any atom is 0.251 e. The number of nitrogens with zero attached hydrogens (tertiary/aromatic N) is 1. The van der Waals surface area contributed by atoms with Gasteiger partial charge in [-0.05, 0) is 43.7 Å². The number of carbonyl (C=O) groups excluding carboxylic acids is 1. The summed E-state index contributed by atoms with van der Waals surface area (Å²) >= 11 is 0. The molecule has 0 heterocycles. The van der Waals surface area contributed by atoms with Crippen molar-refractivity contribution >= 4 is 11.9 Å². The van der Waals surface area contributed by atoms with Gasteiger partial charge in [0.25, 0.3) is 5.91 Å². The molecule has 0 unspecified atom stereocenters. The highest BCUT2D eigenvalue weighted by Crippen LogP contribution is 2.10. The highest BCUT2D eigenvalue weighted by molar-refractivity contribution is 5.94. The van der Waals surface area contributed by atoms with E-state index in [4.69, 9.17) is 4.74 Å². The molecule has 0 aromatic heterocycles. The van der Waals surface area contributed by atoms with E-state index in [0.717, 1.165) is 31.1 Å². The van der Waals surface area contributed by atoms with Gasteiger partial charge in [0.15, 0.2) is 5.96 Å². The third-order valence-electron chi connectivity index (χ3n) is 3.97. The molecule has 29 heavy (non-hydrogen) atoms. The van der Waals surface area contributed by atoms with Gasteiger partial charge in [-0.1, -0.05) is 24.3 Å². The van der Waals surface area contributed by atoms with Crippen LogP contribution in [-0.2, 0) is 0 Å². The van der Waals surface area contributed by atoms with Crippen LogP contribution in [0.2, 0.25) is 0 Å². The molecule has 7 heteroatoms. The summed E-state index contributed by atoms with van der Waals surface area (Å²) in [7, 11) is 0. The molecule has 0 spiro atoms. The highest BCUT2D eigenvalue weighted by atomic mass is 16.5. The second kappa shape index (κ2) is 13.0. The fourth-order valence-electron chi connectivity index (χ4n) is 2.55. The smallest absolute Gasteiger partial charge is 0.251 e. The van der Waals surface area contributed by atoms with Crippen LogP contribution in [-0.4, -0.2) is 49.8 Å². The second-order valence-electron chi connectivity index (χ2n) is 6.36. The van der Waals surface area contributed by atoms with Crippen LogP contribution in [0.15, 0.2) is 59.6 Å². The molecule has 0 aliphatic carbocycles. The molecule has 4 N–H and O–H groups in total. The van der Waals surface area contributed by atoms with Gasteiger partial charge in [-0.25, -0.2) is 0 Å². The second-order valence-corrected chi connectivity index (χ2v) is 6.36. The summed E-state index contributed by atoms with van der Waals surface area (Å²) in [4.78, 5) is 16.5. The first-order chi connectivity index (χ1) is 14.2. The Balaban J connectivity index is 1.61. The van der Waals surface area contributed by atoms with Crippen molar-refractivity contribution in [3.05, 3.63) is 60.2 Å².